The molecule has 1 amide bonds. The Balaban J connectivity index is 1.23. The van der Waals surface area contributed by atoms with E-state index in [0.29, 0.717) is 23.8 Å². The third-order valence-electron chi connectivity index (χ3n) is 6.61. The lowest BCUT2D eigenvalue weighted by Gasteiger charge is -2.36. The van der Waals surface area contributed by atoms with Crippen molar-refractivity contribution in [3.63, 3.8) is 0 Å². The summed E-state index contributed by atoms with van der Waals surface area (Å²) in [6, 6.07) is 3.95. The van der Waals surface area contributed by atoms with Crippen LogP contribution < -0.4 is 9.64 Å². The van der Waals surface area contributed by atoms with Crippen LogP contribution in [0.25, 0.3) is 0 Å². The van der Waals surface area contributed by atoms with Crippen molar-refractivity contribution in [2.45, 2.75) is 76.7 Å². The lowest BCUT2D eigenvalue weighted by atomic mass is 9.86. The first-order valence-electron chi connectivity index (χ1n) is 11.3. The molecule has 2 saturated carbocycles. The van der Waals surface area contributed by atoms with Gasteiger partial charge in [0.1, 0.15) is 6.10 Å². The van der Waals surface area contributed by atoms with Crippen LogP contribution in [-0.2, 0) is 4.79 Å². The number of rotatable bonds is 5. The molecule has 2 aliphatic carbocycles. The monoisotopic (exact) mass is 386 g/mol. The van der Waals surface area contributed by atoms with Gasteiger partial charge in [0.05, 0.1) is 0 Å². The molecule has 0 atom stereocenters. The molecule has 2 heterocycles. The standard InChI is InChI=1S/C22H34N4O2/c27-22(17-18-7-3-1-4-8-18)26-15-13-25(14-16-26)20-11-12-21(24-23-20)28-19-9-5-2-6-10-19/h11-12,18-19H,1-10,13-17H2. The number of ether oxygens (including phenoxy) is 1. The van der Waals surface area contributed by atoms with Crippen LogP contribution in [0.2, 0.25) is 0 Å². The predicted molar refractivity (Wildman–Crippen MR) is 110 cm³/mol. The molecule has 0 bridgehead atoms. The lowest BCUT2D eigenvalue weighted by molar-refractivity contribution is -0.132. The van der Waals surface area contributed by atoms with Crippen molar-refractivity contribution in [1.29, 1.82) is 0 Å². The van der Waals surface area contributed by atoms with Crippen LogP contribution in [0.15, 0.2) is 12.1 Å². The minimum absolute atomic E-state index is 0.299. The van der Waals surface area contributed by atoms with E-state index in [-0.39, 0.29) is 0 Å². The van der Waals surface area contributed by atoms with E-state index >= 15 is 0 Å². The SMILES string of the molecule is O=C(CC1CCCCC1)N1CCN(c2ccc(OC3CCCCC3)nn2)CC1. The molecule has 1 aliphatic heterocycles. The smallest absolute Gasteiger partial charge is 0.233 e. The third kappa shape index (κ3) is 5.15. The molecule has 28 heavy (non-hydrogen) atoms. The molecule has 154 valence electrons. The molecule has 1 aromatic rings. The Bertz CT molecular complexity index is 616. The van der Waals surface area contributed by atoms with Crippen LogP contribution in [0.1, 0.15) is 70.6 Å². The normalized spacial score (nSPS) is 22.3. The molecule has 6 heteroatoms. The molecule has 1 saturated heterocycles. The lowest BCUT2D eigenvalue weighted by Crippen LogP contribution is -2.49. The minimum atomic E-state index is 0.299. The van der Waals surface area contributed by atoms with Crippen molar-refractivity contribution in [2.24, 2.45) is 5.92 Å². The highest BCUT2D eigenvalue weighted by Gasteiger charge is 2.25. The maximum Gasteiger partial charge on any atom is 0.233 e. The summed E-state index contributed by atoms with van der Waals surface area (Å²) >= 11 is 0. The van der Waals surface area contributed by atoms with Gasteiger partial charge in [-0.2, -0.15) is 0 Å². The highest BCUT2D eigenvalue weighted by molar-refractivity contribution is 5.76. The Morgan fingerprint density at radius 1 is 0.893 bits per heavy atom. The summed E-state index contributed by atoms with van der Waals surface area (Å²) in [5.41, 5.74) is 0. The van der Waals surface area contributed by atoms with Gasteiger partial charge in [0.25, 0.3) is 0 Å². The summed E-state index contributed by atoms with van der Waals surface area (Å²) in [5.74, 6) is 2.48. The van der Waals surface area contributed by atoms with E-state index < -0.39 is 0 Å². The van der Waals surface area contributed by atoms with Gasteiger partial charge >= 0.3 is 0 Å². The first-order valence-corrected chi connectivity index (χ1v) is 11.3. The molecule has 4 rings (SSSR count). The summed E-state index contributed by atoms with van der Waals surface area (Å²) in [6.45, 7) is 3.23. The Hall–Kier alpha value is -1.85. The molecule has 3 aliphatic rings. The van der Waals surface area contributed by atoms with Crippen molar-refractivity contribution < 1.29 is 9.53 Å². The largest absolute Gasteiger partial charge is 0.473 e. The number of hydrogen-bond acceptors (Lipinski definition) is 5. The fourth-order valence-electron chi connectivity index (χ4n) is 4.85. The Morgan fingerprint density at radius 2 is 1.57 bits per heavy atom. The van der Waals surface area contributed by atoms with Gasteiger partial charge in [-0.3, -0.25) is 4.79 Å². The van der Waals surface area contributed by atoms with E-state index in [1.54, 1.807) is 0 Å². The minimum Gasteiger partial charge on any atom is -0.473 e. The van der Waals surface area contributed by atoms with Crippen molar-refractivity contribution in [3.8, 4) is 5.88 Å². The predicted octanol–water partition coefficient (Wildman–Crippen LogP) is 3.81. The second-order valence-corrected chi connectivity index (χ2v) is 8.68. The third-order valence-corrected chi connectivity index (χ3v) is 6.61. The number of amides is 1. The van der Waals surface area contributed by atoms with Crippen LogP contribution >= 0.6 is 0 Å². The number of carbonyl (C=O) groups is 1. The Labute approximate surface area is 168 Å². The molecular weight excluding hydrogens is 352 g/mol. The van der Waals surface area contributed by atoms with Crippen LogP contribution in [0.3, 0.4) is 0 Å². The zero-order valence-corrected chi connectivity index (χ0v) is 17.0. The number of piperazine rings is 1. The van der Waals surface area contributed by atoms with Gasteiger partial charge in [0.2, 0.25) is 11.8 Å². The van der Waals surface area contributed by atoms with E-state index in [2.05, 4.69) is 15.1 Å². The average Bonchev–Trinajstić information content (AvgIpc) is 2.76. The van der Waals surface area contributed by atoms with Gasteiger partial charge in [-0.1, -0.05) is 25.7 Å². The van der Waals surface area contributed by atoms with Crippen molar-refractivity contribution in [2.75, 3.05) is 31.1 Å². The maximum absolute atomic E-state index is 12.6. The summed E-state index contributed by atoms with van der Waals surface area (Å²) < 4.78 is 5.97. The maximum atomic E-state index is 12.6. The Kier molecular flexibility index (Phi) is 6.65. The average molecular weight is 387 g/mol. The molecule has 0 spiro atoms. The Morgan fingerprint density at radius 3 is 2.21 bits per heavy atom. The van der Waals surface area contributed by atoms with Crippen LogP contribution in [-0.4, -0.2) is 53.3 Å². The van der Waals surface area contributed by atoms with Crippen LogP contribution in [0.5, 0.6) is 5.88 Å². The fourth-order valence-corrected chi connectivity index (χ4v) is 4.85. The van der Waals surface area contributed by atoms with Crippen molar-refractivity contribution in [1.82, 2.24) is 15.1 Å². The van der Waals surface area contributed by atoms with Gasteiger partial charge < -0.3 is 14.5 Å². The van der Waals surface area contributed by atoms with Crippen molar-refractivity contribution in [3.05, 3.63) is 12.1 Å². The second-order valence-electron chi connectivity index (χ2n) is 8.68. The summed E-state index contributed by atoms with van der Waals surface area (Å²) in [7, 11) is 0. The van der Waals surface area contributed by atoms with Gasteiger partial charge in [-0.25, -0.2) is 0 Å². The molecule has 1 aromatic heterocycles. The highest BCUT2D eigenvalue weighted by Crippen LogP contribution is 2.27. The summed E-state index contributed by atoms with van der Waals surface area (Å²) in [5, 5.41) is 8.66. The summed E-state index contributed by atoms with van der Waals surface area (Å²) in [6.07, 6.45) is 13.5. The number of aromatic nitrogens is 2. The van der Waals surface area contributed by atoms with Gasteiger partial charge in [-0.15, -0.1) is 10.2 Å². The quantitative estimate of drug-likeness (QED) is 0.770. The van der Waals surface area contributed by atoms with Crippen LogP contribution in [0, 0.1) is 5.92 Å². The van der Waals surface area contributed by atoms with E-state index in [9.17, 15) is 4.79 Å². The molecule has 0 radical (unpaired) electrons. The number of hydrogen-bond donors (Lipinski definition) is 0. The van der Waals surface area contributed by atoms with Gasteiger partial charge in [-0.05, 0) is 50.5 Å². The van der Waals surface area contributed by atoms with Gasteiger partial charge in [0, 0.05) is 38.7 Å². The number of carbonyl (C=O) groups excluding carboxylic acids is 1. The molecule has 0 unspecified atom stereocenters. The van der Waals surface area contributed by atoms with Gasteiger partial charge in [0.15, 0.2) is 5.82 Å². The first-order chi connectivity index (χ1) is 13.8. The molecule has 0 N–H and O–H groups in total. The summed E-state index contributed by atoms with van der Waals surface area (Å²) in [4.78, 5) is 16.9. The van der Waals surface area contributed by atoms with Crippen molar-refractivity contribution >= 4 is 11.7 Å². The molecule has 3 fully saturated rings. The molecular formula is C22H34N4O2. The number of anilines is 1. The molecule has 6 nitrogen and oxygen atoms in total. The van der Waals surface area contributed by atoms with E-state index in [1.165, 1.54) is 51.4 Å². The first kappa shape index (κ1) is 19.5. The second kappa shape index (κ2) is 9.57. The molecule has 0 aromatic carbocycles. The highest BCUT2D eigenvalue weighted by atomic mass is 16.5. The van der Waals surface area contributed by atoms with E-state index in [0.717, 1.165) is 51.3 Å². The fraction of sp³-hybridized carbons (Fsp3) is 0.773. The van der Waals surface area contributed by atoms with E-state index in [4.69, 9.17) is 4.74 Å². The topological polar surface area (TPSA) is 58.6 Å². The number of nitrogens with zero attached hydrogens (tertiary/aromatic N) is 4. The zero-order valence-electron chi connectivity index (χ0n) is 17.0. The van der Waals surface area contributed by atoms with E-state index in [1.807, 2.05) is 17.0 Å². The van der Waals surface area contributed by atoms with Crippen LogP contribution in [0.4, 0.5) is 5.82 Å². The zero-order chi connectivity index (χ0) is 19.2.